The number of hydrogen-bond donors (Lipinski definition) is 0. The predicted octanol–water partition coefficient (Wildman–Crippen LogP) is 5.55. The van der Waals surface area contributed by atoms with Gasteiger partial charge in [0.15, 0.2) is 17.3 Å². The molecular weight excluding hydrogens is 524 g/mol. The summed E-state index contributed by atoms with van der Waals surface area (Å²) >= 11 is 7.30. The smallest absolute Gasteiger partial charge is 0.298 e. The molecule has 0 N–H and O–H groups in total. The van der Waals surface area contributed by atoms with Crippen LogP contribution in [-0.4, -0.2) is 60.6 Å². The summed E-state index contributed by atoms with van der Waals surface area (Å²) in [6.45, 7) is 2.67. The van der Waals surface area contributed by atoms with Crippen molar-refractivity contribution in [3.05, 3.63) is 88.7 Å². The van der Waals surface area contributed by atoms with Crippen LogP contribution in [0.1, 0.15) is 21.7 Å². The van der Waals surface area contributed by atoms with Gasteiger partial charge in [0.2, 0.25) is 0 Å². The molecule has 0 saturated carbocycles. The van der Waals surface area contributed by atoms with Gasteiger partial charge in [-0.05, 0) is 54.1 Å². The molecule has 0 atom stereocenters. The molecule has 196 valence electrons. The number of ether oxygens (including phenoxy) is 3. The van der Waals surface area contributed by atoms with E-state index >= 15 is 0 Å². The highest BCUT2D eigenvalue weighted by molar-refractivity contribution is 7.07. The molecule has 0 radical (unpaired) electrons. The third kappa shape index (κ3) is 6.00. The number of piperazine rings is 1. The molecule has 1 fully saturated rings. The van der Waals surface area contributed by atoms with Crippen LogP contribution in [0.15, 0.2) is 66.7 Å². The summed E-state index contributed by atoms with van der Waals surface area (Å²) in [7, 11) is 3.20. The molecule has 3 aromatic carbocycles. The highest BCUT2D eigenvalue weighted by atomic mass is 35.5. The summed E-state index contributed by atoms with van der Waals surface area (Å²) < 4.78 is 21.2. The predicted molar refractivity (Wildman–Crippen MR) is 148 cm³/mol. The molecule has 0 bridgehead atoms. The lowest BCUT2D eigenvalue weighted by atomic mass is 10.1. The van der Waals surface area contributed by atoms with Crippen LogP contribution in [0.3, 0.4) is 0 Å². The molecule has 1 amide bonds. The number of amides is 1. The van der Waals surface area contributed by atoms with E-state index in [0.717, 1.165) is 41.6 Å². The molecule has 1 saturated heterocycles. The van der Waals surface area contributed by atoms with Crippen LogP contribution in [0.5, 0.6) is 22.4 Å². The number of rotatable bonds is 8. The maximum absolute atomic E-state index is 13.3. The number of aromatic nitrogens is 2. The van der Waals surface area contributed by atoms with E-state index in [1.54, 1.807) is 32.4 Å². The van der Waals surface area contributed by atoms with Crippen molar-refractivity contribution >= 4 is 34.7 Å². The lowest BCUT2D eigenvalue weighted by Gasteiger charge is -2.36. The van der Waals surface area contributed by atoms with Gasteiger partial charge in [-0.3, -0.25) is 4.79 Å². The number of hydrogen-bond acceptors (Lipinski definition) is 8. The van der Waals surface area contributed by atoms with Crippen LogP contribution >= 0.6 is 23.1 Å². The number of methoxy groups -OCH3 is 2. The quantitative estimate of drug-likeness (QED) is 0.284. The fraction of sp³-hybridized carbons (Fsp3) is 0.250. The Morgan fingerprint density at radius 1 is 0.947 bits per heavy atom. The van der Waals surface area contributed by atoms with Gasteiger partial charge in [-0.2, -0.15) is 9.36 Å². The third-order valence-electron chi connectivity index (χ3n) is 6.29. The maximum atomic E-state index is 13.3. The van der Waals surface area contributed by atoms with Gasteiger partial charge < -0.3 is 24.0 Å². The molecule has 0 spiro atoms. The van der Waals surface area contributed by atoms with E-state index in [2.05, 4.69) is 14.3 Å². The Hall–Kier alpha value is -3.82. The summed E-state index contributed by atoms with van der Waals surface area (Å²) in [5.74, 6) is 2.30. The van der Waals surface area contributed by atoms with E-state index < -0.39 is 0 Å². The summed E-state index contributed by atoms with van der Waals surface area (Å²) in [4.78, 5) is 21.9. The van der Waals surface area contributed by atoms with Crippen LogP contribution < -0.4 is 19.1 Å². The van der Waals surface area contributed by atoms with Crippen molar-refractivity contribution in [2.24, 2.45) is 0 Å². The first kappa shape index (κ1) is 25.8. The molecule has 10 heteroatoms. The molecule has 0 unspecified atom stereocenters. The van der Waals surface area contributed by atoms with E-state index in [1.165, 1.54) is 0 Å². The molecule has 1 aromatic heterocycles. The van der Waals surface area contributed by atoms with Crippen molar-refractivity contribution in [1.29, 1.82) is 0 Å². The average molecular weight is 551 g/mol. The van der Waals surface area contributed by atoms with Crippen LogP contribution in [-0.2, 0) is 6.42 Å². The Morgan fingerprint density at radius 2 is 1.76 bits per heavy atom. The Balaban J connectivity index is 1.25. The first-order valence-corrected chi connectivity index (χ1v) is 13.3. The molecular formula is C28H27ClN4O4S. The largest absolute Gasteiger partial charge is 0.497 e. The van der Waals surface area contributed by atoms with Crippen molar-refractivity contribution in [2.45, 2.75) is 6.42 Å². The zero-order chi connectivity index (χ0) is 26.5. The highest BCUT2D eigenvalue weighted by Gasteiger charge is 2.24. The lowest BCUT2D eigenvalue weighted by molar-refractivity contribution is 0.0746. The number of anilines is 1. The number of nitrogens with zero attached hydrogens (tertiary/aromatic N) is 4. The van der Waals surface area contributed by atoms with Gasteiger partial charge in [-0.25, -0.2) is 0 Å². The zero-order valence-corrected chi connectivity index (χ0v) is 22.7. The average Bonchev–Trinajstić information content (AvgIpc) is 3.39. The van der Waals surface area contributed by atoms with E-state index in [9.17, 15) is 4.79 Å². The van der Waals surface area contributed by atoms with Crippen molar-refractivity contribution in [2.75, 3.05) is 45.3 Å². The lowest BCUT2D eigenvalue weighted by Crippen LogP contribution is -2.48. The number of halogens is 1. The molecule has 1 aliphatic heterocycles. The Bertz CT molecular complexity index is 1420. The van der Waals surface area contributed by atoms with Gasteiger partial charge in [0, 0.05) is 60.4 Å². The van der Waals surface area contributed by atoms with E-state index in [-0.39, 0.29) is 5.91 Å². The van der Waals surface area contributed by atoms with Crippen LogP contribution in [0.25, 0.3) is 0 Å². The molecule has 0 aliphatic carbocycles. The van der Waals surface area contributed by atoms with E-state index in [4.69, 9.17) is 25.8 Å². The molecule has 2 heterocycles. The van der Waals surface area contributed by atoms with Crippen molar-refractivity contribution in [3.8, 4) is 22.4 Å². The van der Waals surface area contributed by atoms with E-state index in [0.29, 0.717) is 52.6 Å². The molecule has 1 aliphatic rings. The SMILES string of the molecule is COc1cccc(Cc2nsc(Oc3cc(C(=O)N4CCN(c5cccc(Cl)c5)CC4)ccc3OC)n2)c1. The van der Waals surface area contributed by atoms with Gasteiger partial charge >= 0.3 is 0 Å². The summed E-state index contributed by atoms with van der Waals surface area (Å²) in [6, 6.07) is 20.8. The summed E-state index contributed by atoms with van der Waals surface area (Å²) in [6.07, 6.45) is 0.549. The number of benzene rings is 3. The Kier molecular flexibility index (Phi) is 7.95. The van der Waals surface area contributed by atoms with Gasteiger partial charge in [-0.15, -0.1) is 0 Å². The van der Waals surface area contributed by atoms with Gasteiger partial charge in [0.05, 0.1) is 14.2 Å². The second-order valence-electron chi connectivity index (χ2n) is 8.73. The summed E-state index contributed by atoms with van der Waals surface area (Å²) in [5.41, 5.74) is 2.63. The van der Waals surface area contributed by atoms with Crippen molar-refractivity contribution in [1.82, 2.24) is 14.3 Å². The Morgan fingerprint density at radius 3 is 2.53 bits per heavy atom. The van der Waals surface area contributed by atoms with Gasteiger partial charge in [0.25, 0.3) is 11.1 Å². The minimum atomic E-state index is -0.0563. The first-order valence-electron chi connectivity index (χ1n) is 12.1. The van der Waals surface area contributed by atoms with Gasteiger partial charge in [0.1, 0.15) is 5.75 Å². The minimum Gasteiger partial charge on any atom is -0.497 e. The van der Waals surface area contributed by atoms with Crippen LogP contribution in [0.2, 0.25) is 5.02 Å². The fourth-order valence-corrected chi connectivity index (χ4v) is 5.07. The second-order valence-corrected chi connectivity index (χ2v) is 9.88. The summed E-state index contributed by atoms with van der Waals surface area (Å²) in [5, 5.41) is 1.08. The molecule has 38 heavy (non-hydrogen) atoms. The maximum Gasteiger partial charge on any atom is 0.298 e. The number of carbonyl (C=O) groups is 1. The minimum absolute atomic E-state index is 0.0563. The second kappa shape index (κ2) is 11.7. The monoisotopic (exact) mass is 550 g/mol. The van der Waals surface area contributed by atoms with Crippen LogP contribution in [0, 0.1) is 0 Å². The van der Waals surface area contributed by atoms with Crippen molar-refractivity contribution in [3.63, 3.8) is 0 Å². The standard InChI is InChI=1S/C28H27ClN4O4S/c1-35-23-8-3-5-19(15-23)16-26-30-28(38-31-26)37-25-17-20(9-10-24(25)36-2)27(34)33-13-11-32(12-14-33)22-7-4-6-21(29)18-22/h3-10,15,17-18H,11-14,16H2,1-2H3. The zero-order valence-electron chi connectivity index (χ0n) is 21.1. The molecule has 8 nitrogen and oxygen atoms in total. The number of carbonyl (C=O) groups excluding carboxylic acids is 1. The molecule has 5 rings (SSSR count). The topological polar surface area (TPSA) is 77.0 Å². The fourth-order valence-electron chi connectivity index (χ4n) is 4.32. The Labute approximate surface area is 230 Å². The molecule has 4 aromatic rings. The normalized spacial score (nSPS) is 13.3. The first-order chi connectivity index (χ1) is 18.5. The van der Waals surface area contributed by atoms with Gasteiger partial charge in [-0.1, -0.05) is 29.8 Å². The van der Waals surface area contributed by atoms with E-state index in [1.807, 2.05) is 53.4 Å². The highest BCUT2D eigenvalue weighted by Crippen LogP contribution is 2.34. The third-order valence-corrected chi connectivity index (χ3v) is 7.16. The van der Waals surface area contributed by atoms with Crippen LogP contribution in [0.4, 0.5) is 5.69 Å². The van der Waals surface area contributed by atoms with Crippen molar-refractivity contribution < 1.29 is 19.0 Å².